The zero-order valence-electron chi connectivity index (χ0n) is 23.6. The molecule has 0 saturated carbocycles. The Kier molecular flexibility index (Phi) is 16.5. The van der Waals surface area contributed by atoms with Crippen molar-refractivity contribution in [1.29, 1.82) is 0 Å². The van der Waals surface area contributed by atoms with Gasteiger partial charge in [0.2, 0.25) is 11.4 Å². The molecule has 3 rings (SSSR count). The number of hydrogen-bond donors (Lipinski definition) is 0. The molecule has 200 valence electrons. The minimum absolute atomic E-state index is 0. The average Bonchev–Trinajstić information content (AvgIpc) is 3.07. The molecule has 0 amide bonds. The minimum atomic E-state index is 0. The number of rotatable bonds is 13. The molecule has 2 aromatic carbocycles. The Morgan fingerprint density at radius 1 is 0.639 bits per heavy atom. The molecular weight excluding hydrogens is 483 g/mol. The molecule has 0 aliphatic carbocycles. The minimum Gasteiger partial charge on any atom is -0.493 e. The fourth-order valence-electron chi connectivity index (χ4n) is 4.92. The second-order valence-electron chi connectivity index (χ2n) is 9.53. The molecule has 0 aromatic heterocycles. The molecule has 0 atom stereocenters. The summed E-state index contributed by atoms with van der Waals surface area (Å²) in [6.45, 7) is 8.92. The summed E-state index contributed by atoms with van der Waals surface area (Å²) in [5.74, 6) is 0. The van der Waals surface area contributed by atoms with Gasteiger partial charge < -0.3 is 20.4 Å². The fourth-order valence-corrected chi connectivity index (χ4v) is 4.92. The predicted octanol–water partition coefficient (Wildman–Crippen LogP) is 10.4. The molecule has 2 aromatic rings. The van der Waals surface area contributed by atoms with Crippen LogP contribution in [-0.4, -0.2) is 4.70 Å². The molecule has 0 saturated heterocycles. The van der Waals surface area contributed by atoms with Crippen molar-refractivity contribution in [2.45, 2.75) is 98.3 Å². The second kappa shape index (κ2) is 17.5. The number of benzene rings is 2. The Morgan fingerprint density at radius 3 is 1.64 bits per heavy atom. The van der Waals surface area contributed by atoms with E-state index >= 15 is 0 Å². The largest absolute Gasteiger partial charge is 2.00 e. The van der Waals surface area contributed by atoms with Gasteiger partial charge in [-0.05, 0) is 80.8 Å². The van der Waals surface area contributed by atoms with Crippen LogP contribution in [0.15, 0.2) is 59.7 Å². The van der Waals surface area contributed by atoms with E-state index in [0.29, 0.717) is 0 Å². The van der Waals surface area contributed by atoms with E-state index in [1.165, 1.54) is 71.9 Å². The molecule has 0 bridgehead atoms. The maximum Gasteiger partial charge on any atom is 2.00 e. The third-order valence-corrected chi connectivity index (χ3v) is 6.84. The zero-order valence-corrected chi connectivity index (χ0v) is 24.6. The zero-order chi connectivity index (χ0) is 23.6. The van der Waals surface area contributed by atoms with Gasteiger partial charge in [-0.2, -0.15) is 0 Å². The number of allylic oxidation sites excluding steroid dienone is 2. The maximum atomic E-state index is 11.5. The van der Waals surface area contributed by atoms with E-state index in [9.17, 15) is 5.53 Å². The monoisotopic (exact) mass is 530 g/mol. The SMILES string of the molecule is CCCCCC1=C(c2cccc(CCCC)c2)[N+](=[N-])C(c2cccc(CCCCC)c2)=C1C.[CH3-].[CH3-].[Ni+2]. The first kappa shape index (κ1) is 34.0. The standard InChI is InChI=1S/C31H42N2.2CH3.Ni/c1-5-8-11-16-26-18-13-19-27(22-26)30-24(4)29(21-12-9-6-2)31(33(30)32)28-20-14-17-25(23-28)15-10-7-3;;;/h13-14,17-20,22-23H,5-12,15-16,21H2,1-4H3;2*1H3;/q;2*-1;+2. The summed E-state index contributed by atoms with van der Waals surface area (Å²) in [4.78, 5) is 0. The first-order valence-corrected chi connectivity index (χ1v) is 13.2. The van der Waals surface area contributed by atoms with Crippen molar-refractivity contribution in [3.05, 3.63) is 102 Å². The summed E-state index contributed by atoms with van der Waals surface area (Å²) < 4.78 is 1.49. The van der Waals surface area contributed by atoms with Gasteiger partial charge >= 0.3 is 16.5 Å². The Balaban J connectivity index is 0.00000408. The summed E-state index contributed by atoms with van der Waals surface area (Å²) in [5.41, 5.74) is 20.9. The van der Waals surface area contributed by atoms with Gasteiger partial charge in [-0.1, -0.05) is 77.1 Å². The molecule has 1 heterocycles. The first-order valence-electron chi connectivity index (χ1n) is 13.2. The van der Waals surface area contributed by atoms with Crippen molar-refractivity contribution < 1.29 is 21.2 Å². The van der Waals surface area contributed by atoms with Gasteiger partial charge in [-0.3, -0.25) is 0 Å². The molecule has 2 nitrogen and oxygen atoms in total. The van der Waals surface area contributed by atoms with Crippen LogP contribution in [0.3, 0.4) is 0 Å². The third kappa shape index (κ3) is 8.55. The summed E-state index contributed by atoms with van der Waals surface area (Å²) in [5, 5.41) is 0. The van der Waals surface area contributed by atoms with E-state index in [2.05, 4.69) is 76.2 Å². The number of unbranched alkanes of at least 4 members (excludes halogenated alkanes) is 5. The molecule has 3 heteroatoms. The van der Waals surface area contributed by atoms with Crippen LogP contribution in [0.1, 0.15) is 108 Å². The van der Waals surface area contributed by atoms with Crippen LogP contribution >= 0.6 is 0 Å². The van der Waals surface area contributed by atoms with E-state index in [4.69, 9.17) is 0 Å². The van der Waals surface area contributed by atoms with E-state index < -0.39 is 0 Å². The Hall–Kier alpha value is -1.99. The Morgan fingerprint density at radius 2 is 1.11 bits per heavy atom. The van der Waals surface area contributed by atoms with Gasteiger partial charge in [0.05, 0.1) is 0 Å². The second-order valence-corrected chi connectivity index (χ2v) is 9.53. The van der Waals surface area contributed by atoms with Crippen LogP contribution in [0.2, 0.25) is 0 Å². The third-order valence-electron chi connectivity index (χ3n) is 6.84. The quantitative estimate of drug-likeness (QED) is 0.106. The fraction of sp³-hybridized carbons (Fsp3) is 0.455. The predicted molar refractivity (Wildman–Crippen MR) is 155 cm³/mol. The van der Waals surface area contributed by atoms with Crippen molar-refractivity contribution in [2.24, 2.45) is 0 Å². The van der Waals surface area contributed by atoms with Gasteiger partial charge in [0.25, 0.3) is 0 Å². The molecule has 0 fully saturated rings. The van der Waals surface area contributed by atoms with Crippen LogP contribution < -0.4 is 0 Å². The van der Waals surface area contributed by atoms with Crippen molar-refractivity contribution >= 4 is 11.4 Å². The molecule has 0 N–H and O–H groups in total. The number of aryl methyl sites for hydroxylation is 2. The van der Waals surface area contributed by atoms with Gasteiger partial charge in [-0.15, -0.1) is 0 Å². The summed E-state index contributed by atoms with van der Waals surface area (Å²) in [6.07, 6.45) is 12.9. The molecular formula is C33H48N2Ni. The van der Waals surface area contributed by atoms with Gasteiger partial charge in [0.1, 0.15) is 0 Å². The van der Waals surface area contributed by atoms with E-state index in [-0.39, 0.29) is 31.3 Å². The van der Waals surface area contributed by atoms with Crippen LogP contribution in [0.4, 0.5) is 0 Å². The van der Waals surface area contributed by atoms with Gasteiger partial charge in [-0.25, -0.2) is 4.70 Å². The van der Waals surface area contributed by atoms with E-state index in [1.807, 2.05) is 0 Å². The van der Waals surface area contributed by atoms with Crippen molar-refractivity contribution in [2.75, 3.05) is 0 Å². The molecule has 1 aliphatic rings. The summed E-state index contributed by atoms with van der Waals surface area (Å²) >= 11 is 0. The van der Waals surface area contributed by atoms with Crippen molar-refractivity contribution in [3.8, 4) is 0 Å². The van der Waals surface area contributed by atoms with E-state index in [0.717, 1.165) is 48.2 Å². The normalized spacial score (nSPS) is 12.8. The maximum absolute atomic E-state index is 11.5. The van der Waals surface area contributed by atoms with Gasteiger partial charge in [0.15, 0.2) is 0 Å². The Labute approximate surface area is 232 Å². The average molecular weight is 531 g/mol. The van der Waals surface area contributed by atoms with E-state index in [1.54, 1.807) is 0 Å². The van der Waals surface area contributed by atoms with Crippen LogP contribution in [0.5, 0.6) is 0 Å². The first-order chi connectivity index (χ1) is 16.1. The molecule has 0 unspecified atom stereocenters. The summed E-state index contributed by atoms with van der Waals surface area (Å²) in [7, 11) is 0. The molecule has 0 spiro atoms. The van der Waals surface area contributed by atoms with Crippen LogP contribution in [-0.2, 0) is 29.3 Å². The Bertz CT molecular complexity index is 1020. The van der Waals surface area contributed by atoms with Gasteiger partial charge in [0, 0.05) is 22.3 Å². The van der Waals surface area contributed by atoms with Crippen LogP contribution in [0.25, 0.3) is 16.9 Å². The topological polar surface area (TPSA) is 25.3 Å². The summed E-state index contributed by atoms with van der Waals surface area (Å²) in [6, 6.07) is 17.6. The molecule has 1 aliphatic heterocycles. The van der Waals surface area contributed by atoms with Crippen LogP contribution in [0, 0.1) is 14.9 Å². The van der Waals surface area contributed by atoms with Crippen molar-refractivity contribution in [1.82, 2.24) is 0 Å². The smallest absolute Gasteiger partial charge is 0.493 e. The number of nitrogens with zero attached hydrogens (tertiary/aromatic N) is 2. The molecule has 36 heavy (non-hydrogen) atoms. The molecule has 0 radical (unpaired) electrons. The van der Waals surface area contributed by atoms with Crippen molar-refractivity contribution in [3.63, 3.8) is 0 Å². The number of hydrogen-bond acceptors (Lipinski definition) is 0.